The first-order valence-corrected chi connectivity index (χ1v) is 11.1. The highest BCUT2D eigenvalue weighted by atomic mass is 16.5. The van der Waals surface area contributed by atoms with Crippen molar-refractivity contribution in [3.05, 3.63) is 87.3 Å². The van der Waals surface area contributed by atoms with Crippen molar-refractivity contribution >= 4 is 22.6 Å². The number of amides is 1. The lowest BCUT2D eigenvalue weighted by Crippen LogP contribution is -2.38. The van der Waals surface area contributed by atoms with Crippen LogP contribution in [0.15, 0.2) is 59.5 Å². The van der Waals surface area contributed by atoms with Crippen molar-refractivity contribution in [2.45, 2.75) is 32.4 Å². The topological polar surface area (TPSA) is 101 Å². The van der Waals surface area contributed by atoms with Crippen molar-refractivity contribution in [3.8, 4) is 0 Å². The van der Waals surface area contributed by atoms with Gasteiger partial charge in [-0.3, -0.25) is 19.4 Å². The normalized spacial score (nSPS) is 15.8. The van der Waals surface area contributed by atoms with Crippen LogP contribution in [0.1, 0.15) is 34.3 Å². The van der Waals surface area contributed by atoms with Gasteiger partial charge >= 0.3 is 0 Å². The molecule has 1 aromatic carbocycles. The molecule has 33 heavy (non-hydrogen) atoms. The minimum Gasteiger partial charge on any atom is -0.376 e. The molecule has 168 valence electrons. The summed E-state index contributed by atoms with van der Waals surface area (Å²) in [6.07, 6.45) is 3.60. The molecule has 1 fully saturated rings. The second kappa shape index (κ2) is 8.63. The molecule has 1 aliphatic heterocycles. The highest BCUT2D eigenvalue weighted by Gasteiger charge is 2.20. The van der Waals surface area contributed by atoms with E-state index in [9.17, 15) is 9.59 Å². The molecule has 3 aromatic heterocycles. The van der Waals surface area contributed by atoms with Crippen molar-refractivity contribution in [2.75, 3.05) is 13.2 Å². The molecule has 2 N–H and O–H groups in total. The maximum absolute atomic E-state index is 13.4. The summed E-state index contributed by atoms with van der Waals surface area (Å²) < 4.78 is 8.71. The van der Waals surface area contributed by atoms with Gasteiger partial charge in [0.25, 0.3) is 11.5 Å². The van der Waals surface area contributed by atoms with E-state index in [1.807, 2.05) is 43.3 Å². The molecule has 4 heterocycles. The Bertz CT molecular complexity index is 1470. The van der Waals surface area contributed by atoms with E-state index in [1.54, 1.807) is 16.8 Å². The smallest absolute Gasteiger partial charge is 0.267 e. The molecular formula is C25H25N5O3. The Labute approximate surface area is 190 Å². The van der Waals surface area contributed by atoms with Crippen LogP contribution in [0.3, 0.4) is 0 Å². The summed E-state index contributed by atoms with van der Waals surface area (Å²) in [5.41, 5.74) is 2.63. The number of benzene rings is 1. The van der Waals surface area contributed by atoms with E-state index in [4.69, 9.17) is 15.1 Å². The number of pyridine rings is 2. The van der Waals surface area contributed by atoms with Gasteiger partial charge in [0, 0.05) is 19.3 Å². The fourth-order valence-electron chi connectivity index (χ4n) is 4.24. The molecule has 1 atom stereocenters. The predicted molar refractivity (Wildman–Crippen MR) is 124 cm³/mol. The van der Waals surface area contributed by atoms with E-state index in [0.717, 1.165) is 24.0 Å². The molecule has 8 nitrogen and oxygen atoms in total. The fourth-order valence-corrected chi connectivity index (χ4v) is 4.24. The lowest BCUT2D eigenvalue weighted by Gasteiger charge is -2.16. The Kier molecular flexibility index (Phi) is 5.51. The molecule has 1 aliphatic rings. The molecule has 1 saturated heterocycles. The molecule has 4 aromatic rings. The van der Waals surface area contributed by atoms with Gasteiger partial charge in [-0.25, -0.2) is 4.98 Å². The first-order valence-electron chi connectivity index (χ1n) is 11.1. The van der Waals surface area contributed by atoms with Crippen LogP contribution < -0.4 is 16.4 Å². The van der Waals surface area contributed by atoms with Gasteiger partial charge in [0.1, 0.15) is 16.8 Å². The maximum atomic E-state index is 13.4. The van der Waals surface area contributed by atoms with Gasteiger partial charge in [-0.05, 0) is 43.0 Å². The Morgan fingerprint density at radius 3 is 2.82 bits per heavy atom. The summed E-state index contributed by atoms with van der Waals surface area (Å²) >= 11 is 0. The van der Waals surface area contributed by atoms with Crippen LogP contribution in [-0.2, 0) is 11.3 Å². The Balaban J connectivity index is 1.68. The average molecular weight is 444 g/mol. The van der Waals surface area contributed by atoms with Crippen LogP contribution in [0.2, 0.25) is 0 Å². The Morgan fingerprint density at radius 2 is 2.06 bits per heavy atom. The third-order valence-corrected chi connectivity index (χ3v) is 6.00. The summed E-state index contributed by atoms with van der Waals surface area (Å²) in [5, 5.41) is 12.0. The first kappa shape index (κ1) is 21.1. The van der Waals surface area contributed by atoms with Crippen LogP contribution in [0.4, 0.5) is 0 Å². The van der Waals surface area contributed by atoms with Gasteiger partial charge in [-0.2, -0.15) is 0 Å². The van der Waals surface area contributed by atoms with Crippen molar-refractivity contribution in [2.24, 2.45) is 0 Å². The molecule has 8 heteroatoms. The summed E-state index contributed by atoms with van der Waals surface area (Å²) in [7, 11) is 0. The van der Waals surface area contributed by atoms with E-state index in [0.29, 0.717) is 36.4 Å². The number of ether oxygens (including phenoxy) is 1. The minimum absolute atomic E-state index is 0.0135. The van der Waals surface area contributed by atoms with Gasteiger partial charge in [-0.15, -0.1) is 0 Å². The summed E-state index contributed by atoms with van der Waals surface area (Å²) in [6.45, 7) is 3.30. The predicted octanol–water partition coefficient (Wildman–Crippen LogP) is 2.39. The number of carbonyl (C=O) groups is 1. The van der Waals surface area contributed by atoms with Crippen molar-refractivity contribution in [3.63, 3.8) is 0 Å². The highest BCUT2D eigenvalue weighted by Crippen LogP contribution is 2.14. The largest absolute Gasteiger partial charge is 0.376 e. The molecule has 1 unspecified atom stereocenters. The monoisotopic (exact) mass is 443 g/mol. The van der Waals surface area contributed by atoms with E-state index in [-0.39, 0.29) is 22.7 Å². The standard InChI is InChI=1S/C25H25N5O3/c1-16-9-10-21-28-23-20(25(32)29(21)14-16)12-19(24(31)27-13-18-8-5-11-33-18)22(26)30(23)15-17-6-3-2-4-7-17/h2-4,6-7,9-10,12,14,18,26H,5,8,11,13,15H2,1H3,(H,27,31). The zero-order chi connectivity index (χ0) is 22.9. The number of carbonyl (C=O) groups excluding carboxylic acids is 1. The van der Waals surface area contributed by atoms with E-state index in [2.05, 4.69) is 5.32 Å². The van der Waals surface area contributed by atoms with Crippen molar-refractivity contribution in [1.29, 1.82) is 5.41 Å². The minimum atomic E-state index is -0.395. The van der Waals surface area contributed by atoms with Crippen molar-refractivity contribution < 1.29 is 9.53 Å². The van der Waals surface area contributed by atoms with Crippen LogP contribution >= 0.6 is 0 Å². The third-order valence-electron chi connectivity index (χ3n) is 6.00. The number of hydrogen-bond donors (Lipinski definition) is 2. The summed E-state index contributed by atoms with van der Waals surface area (Å²) in [6, 6.07) is 14.8. The van der Waals surface area contributed by atoms with Crippen LogP contribution in [-0.4, -0.2) is 39.1 Å². The van der Waals surface area contributed by atoms with Crippen molar-refractivity contribution in [1.82, 2.24) is 19.3 Å². The quantitative estimate of drug-likeness (QED) is 0.463. The molecule has 5 rings (SSSR count). The molecule has 0 bridgehead atoms. The molecule has 0 saturated carbocycles. The zero-order valence-corrected chi connectivity index (χ0v) is 18.4. The van der Waals surface area contributed by atoms with E-state index in [1.165, 1.54) is 10.5 Å². The van der Waals surface area contributed by atoms with E-state index < -0.39 is 5.91 Å². The van der Waals surface area contributed by atoms with Crippen LogP contribution in [0.5, 0.6) is 0 Å². The number of hydrogen-bond acceptors (Lipinski definition) is 5. The Hall–Kier alpha value is -3.78. The molecule has 0 spiro atoms. The van der Waals surface area contributed by atoms with Crippen LogP contribution in [0, 0.1) is 12.3 Å². The second-order valence-electron chi connectivity index (χ2n) is 8.41. The highest BCUT2D eigenvalue weighted by molar-refractivity contribution is 5.96. The fraction of sp³-hybridized carbons (Fsp3) is 0.280. The summed E-state index contributed by atoms with van der Waals surface area (Å²) in [4.78, 5) is 31.2. The zero-order valence-electron chi connectivity index (χ0n) is 18.4. The number of nitrogens with zero attached hydrogens (tertiary/aromatic N) is 3. The number of aryl methyl sites for hydroxylation is 1. The number of nitrogens with one attached hydrogen (secondary N) is 2. The molecular weight excluding hydrogens is 418 g/mol. The maximum Gasteiger partial charge on any atom is 0.267 e. The summed E-state index contributed by atoms with van der Waals surface area (Å²) in [5.74, 6) is -0.395. The van der Waals surface area contributed by atoms with Gasteiger partial charge in [0.05, 0.1) is 23.6 Å². The molecule has 0 radical (unpaired) electrons. The first-order chi connectivity index (χ1) is 16.0. The third kappa shape index (κ3) is 4.05. The van der Waals surface area contributed by atoms with Crippen LogP contribution in [0.25, 0.3) is 16.7 Å². The lowest BCUT2D eigenvalue weighted by atomic mass is 10.1. The SMILES string of the molecule is Cc1ccc2nc3c(cc(C(=O)NCC4CCCO4)c(=N)n3Cc3ccccc3)c(=O)n2c1. The van der Waals surface area contributed by atoms with Gasteiger partial charge < -0.3 is 14.6 Å². The number of fused-ring (bicyclic) bond motifs is 2. The average Bonchev–Trinajstić information content (AvgIpc) is 3.34. The van der Waals surface area contributed by atoms with Gasteiger partial charge in [0.2, 0.25) is 0 Å². The number of rotatable bonds is 5. The second-order valence-corrected chi connectivity index (χ2v) is 8.41. The molecule has 0 aliphatic carbocycles. The number of aromatic nitrogens is 3. The Morgan fingerprint density at radius 1 is 1.24 bits per heavy atom. The van der Waals surface area contributed by atoms with E-state index >= 15 is 0 Å². The van der Waals surface area contributed by atoms with Gasteiger partial charge in [-0.1, -0.05) is 36.4 Å². The van der Waals surface area contributed by atoms with Gasteiger partial charge in [0.15, 0.2) is 0 Å². The molecule has 1 amide bonds. The lowest BCUT2D eigenvalue weighted by molar-refractivity contribution is 0.0856.